The molecule has 1 aliphatic carbocycles. The van der Waals surface area contributed by atoms with Gasteiger partial charge in [0.1, 0.15) is 5.82 Å². The Morgan fingerprint density at radius 2 is 2.06 bits per heavy atom. The maximum Gasteiger partial charge on any atom is 0.124 e. The van der Waals surface area contributed by atoms with E-state index in [1.54, 1.807) is 17.8 Å². The minimum atomic E-state index is -0.259. The van der Waals surface area contributed by atoms with Crippen molar-refractivity contribution in [1.29, 1.82) is 0 Å². The molecule has 1 unspecified atom stereocenters. The first kappa shape index (κ1) is 13.9. The number of aliphatic hydroxyl groups excluding tert-OH is 1. The molecule has 1 nitrogen and oxygen atoms in total. The number of hydrogen-bond acceptors (Lipinski definition) is 2. The summed E-state index contributed by atoms with van der Waals surface area (Å²) in [6.45, 7) is 2.28. The van der Waals surface area contributed by atoms with Gasteiger partial charge in [-0.25, -0.2) is 4.39 Å². The molecule has 0 bridgehead atoms. The van der Waals surface area contributed by atoms with E-state index in [-0.39, 0.29) is 11.9 Å². The third-order valence-electron chi connectivity index (χ3n) is 3.82. The van der Waals surface area contributed by atoms with Crippen LogP contribution in [0.5, 0.6) is 0 Å². The summed E-state index contributed by atoms with van der Waals surface area (Å²) >= 11 is 1.55. The van der Waals surface area contributed by atoms with E-state index < -0.39 is 0 Å². The molecule has 1 atom stereocenters. The zero-order valence-corrected chi connectivity index (χ0v) is 11.6. The minimum absolute atomic E-state index is 0.207. The van der Waals surface area contributed by atoms with Crippen LogP contribution in [0.1, 0.15) is 32.6 Å². The molecule has 0 amide bonds. The highest BCUT2D eigenvalue weighted by Gasteiger charge is 2.24. The molecule has 0 spiro atoms. The standard InChI is InChI=1S/C15H21FOS/c1-11-5-7-12(8-6-11)15(17)10-18-14-4-2-3-13(16)9-14/h2-4,9,11-12,15,17H,5-8,10H2,1H3. The van der Waals surface area contributed by atoms with Gasteiger partial charge < -0.3 is 5.11 Å². The van der Waals surface area contributed by atoms with E-state index in [1.165, 1.54) is 25.0 Å². The van der Waals surface area contributed by atoms with Crippen molar-refractivity contribution in [2.45, 2.75) is 43.6 Å². The predicted octanol–water partition coefficient (Wildman–Crippen LogP) is 4.11. The van der Waals surface area contributed by atoms with Crippen molar-refractivity contribution in [2.24, 2.45) is 11.8 Å². The fourth-order valence-electron chi connectivity index (χ4n) is 2.55. The zero-order valence-electron chi connectivity index (χ0n) is 10.8. The number of thioether (sulfide) groups is 1. The highest BCUT2D eigenvalue weighted by atomic mass is 32.2. The minimum Gasteiger partial charge on any atom is -0.392 e. The van der Waals surface area contributed by atoms with Gasteiger partial charge in [0.15, 0.2) is 0 Å². The summed E-state index contributed by atoms with van der Waals surface area (Å²) < 4.78 is 13.0. The second kappa shape index (κ2) is 6.58. The van der Waals surface area contributed by atoms with Crippen LogP contribution in [0.4, 0.5) is 4.39 Å². The first-order valence-electron chi connectivity index (χ1n) is 6.71. The number of benzene rings is 1. The Bertz CT molecular complexity index is 375. The molecular weight excluding hydrogens is 247 g/mol. The molecule has 1 fully saturated rings. The fraction of sp³-hybridized carbons (Fsp3) is 0.600. The molecule has 100 valence electrons. The molecule has 2 rings (SSSR count). The first-order chi connectivity index (χ1) is 8.65. The SMILES string of the molecule is CC1CCC(C(O)CSc2cccc(F)c2)CC1. The van der Waals surface area contributed by atoms with Crippen molar-refractivity contribution < 1.29 is 9.50 Å². The van der Waals surface area contributed by atoms with Crippen LogP contribution in [-0.4, -0.2) is 17.0 Å². The molecule has 1 N–H and O–H groups in total. The van der Waals surface area contributed by atoms with Crippen molar-refractivity contribution in [1.82, 2.24) is 0 Å². The second-order valence-electron chi connectivity index (χ2n) is 5.36. The predicted molar refractivity (Wildman–Crippen MR) is 74.3 cm³/mol. The normalized spacial score (nSPS) is 25.9. The lowest BCUT2D eigenvalue weighted by Gasteiger charge is -2.29. The Morgan fingerprint density at radius 1 is 1.33 bits per heavy atom. The Hall–Kier alpha value is -0.540. The molecule has 1 saturated carbocycles. The van der Waals surface area contributed by atoms with E-state index in [0.29, 0.717) is 11.7 Å². The lowest BCUT2D eigenvalue weighted by Crippen LogP contribution is -2.26. The highest BCUT2D eigenvalue weighted by Crippen LogP contribution is 2.32. The third-order valence-corrected chi connectivity index (χ3v) is 4.92. The van der Waals surface area contributed by atoms with Crippen molar-refractivity contribution >= 4 is 11.8 Å². The summed E-state index contributed by atoms with van der Waals surface area (Å²) in [6, 6.07) is 6.58. The average molecular weight is 268 g/mol. The van der Waals surface area contributed by atoms with E-state index >= 15 is 0 Å². The van der Waals surface area contributed by atoms with Crippen LogP contribution in [0, 0.1) is 17.7 Å². The van der Waals surface area contributed by atoms with E-state index in [2.05, 4.69) is 6.92 Å². The van der Waals surface area contributed by atoms with E-state index in [0.717, 1.165) is 23.7 Å². The van der Waals surface area contributed by atoms with Gasteiger partial charge in [-0.2, -0.15) is 0 Å². The zero-order chi connectivity index (χ0) is 13.0. The number of halogens is 1. The summed E-state index contributed by atoms with van der Waals surface area (Å²) in [7, 11) is 0. The Balaban J connectivity index is 1.79. The second-order valence-corrected chi connectivity index (χ2v) is 6.45. The van der Waals surface area contributed by atoms with Gasteiger partial charge in [0.25, 0.3) is 0 Å². The quantitative estimate of drug-likeness (QED) is 0.829. The molecular formula is C15H21FOS. The van der Waals surface area contributed by atoms with Crippen molar-refractivity contribution in [3.8, 4) is 0 Å². The summed E-state index contributed by atoms with van der Waals surface area (Å²) in [5.41, 5.74) is 0. The summed E-state index contributed by atoms with van der Waals surface area (Å²) in [5.74, 6) is 1.70. The first-order valence-corrected chi connectivity index (χ1v) is 7.70. The number of aliphatic hydroxyl groups is 1. The van der Waals surface area contributed by atoms with Crippen LogP contribution in [-0.2, 0) is 0 Å². The van der Waals surface area contributed by atoms with Crippen molar-refractivity contribution in [3.63, 3.8) is 0 Å². The van der Waals surface area contributed by atoms with Gasteiger partial charge in [-0.1, -0.05) is 25.8 Å². The molecule has 0 saturated heterocycles. The van der Waals surface area contributed by atoms with Gasteiger partial charge in [0.05, 0.1) is 6.10 Å². The Morgan fingerprint density at radius 3 is 2.72 bits per heavy atom. The molecule has 1 aromatic rings. The highest BCUT2D eigenvalue weighted by molar-refractivity contribution is 7.99. The van der Waals surface area contributed by atoms with Crippen LogP contribution in [0.15, 0.2) is 29.2 Å². The maximum absolute atomic E-state index is 13.0. The largest absolute Gasteiger partial charge is 0.392 e. The number of rotatable bonds is 4. The van der Waals surface area contributed by atoms with Crippen molar-refractivity contribution in [3.05, 3.63) is 30.1 Å². The van der Waals surface area contributed by atoms with Crippen LogP contribution in [0.25, 0.3) is 0 Å². The molecule has 0 heterocycles. The van der Waals surface area contributed by atoms with Gasteiger partial charge in [0.2, 0.25) is 0 Å². The van der Waals surface area contributed by atoms with Gasteiger partial charge >= 0.3 is 0 Å². The van der Waals surface area contributed by atoms with Gasteiger partial charge in [-0.15, -0.1) is 11.8 Å². The molecule has 0 aliphatic heterocycles. The van der Waals surface area contributed by atoms with Gasteiger partial charge in [-0.05, 0) is 42.9 Å². The summed E-state index contributed by atoms with van der Waals surface area (Å²) in [6.07, 6.45) is 4.46. The van der Waals surface area contributed by atoms with Gasteiger partial charge in [-0.3, -0.25) is 0 Å². The van der Waals surface area contributed by atoms with Gasteiger partial charge in [0, 0.05) is 10.6 Å². The van der Waals surface area contributed by atoms with E-state index in [1.807, 2.05) is 6.07 Å². The third kappa shape index (κ3) is 3.99. The van der Waals surface area contributed by atoms with Crippen LogP contribution >= 0.6 is 11.8 Å². The maximum atomic E-state index is 13.0. The fourth-order valence-corrected chi connectivity index (χ4v) is 3.55. The Labute approximate surface area is 113 Å². The molecule has 1 aliphatic rings. The topological polar surface area (TPSA) is 20.2 Å². The van der Waals surface area contributed by atoms with Crippen LogP contribution < -0.4 is 0 Å². The van der Waals surface area contributed by atoms with E-state index in [9.17, 15) is 9.50 Å². The van der Waals surface area contributed by atoms with Crippen LogP contribution in [0.3, 0.4) is 0 Å². The number of hydrogen-bond donors (Lipinski definition) is 1. The molecule has 0 radical (unpaired) electrons. The summed E-state index contributed by atoms with van der Waals surface area (Å²) in [5, 5.41) is 10.2. The molecule has 3 heteroatoms. The average Bonchev–Trinajstić information content (AvgIpc) is 2.37. The summed E-state index contributed by atoms with van der Waals surface area (Å²) in [4.78, 5) is 0.901. The molecule has 0 aromatic heterocycles. The van der Waals surface area contributed by atoms with Crippen molar-refractivity contribution in [2.75, 3.05) is 5.75 Å². The lowest BCUT2D eigenvalue weighted by molar-refractivity contribution is 0.0946. The van der Waals surface area contributed by atoms with E-state index in [4.69, 9.17) is 0 Å². The molecule has 18 heavy (non-hydrogen) atoms. The Kier molecular flexibility index (Phi) is 5.07. The monoisotopic (exact) mass is 268 g/mol. The smallest absolute Gasteiger partial charge is 0.124 e. The van der Waals surface area contributed by atoms with Crippen LogP contribution in [0.2, 0.25) is 0 Å². The molecule has 1 aromatic carbocycles. The lowest BCUT2D eigenvalue weighted by atomic mass is 9.81.